The average molecular weight is 270 g/mol. The molecule has 2 nitrogen and oxygen atoms in total. The van der Waals surface area contributed by atoms with E-state index in [0.29, 0.717) is 6.04 Å². The van der Waals surface area contributed by atoms with Gasteiger partial charge >= 0.3 is 0 Å². The van der Waals surface area contributed by atoms with Crippen LogP contribution in [0, 0.1) is 0 Å². The van der Waals surface area contributed by atoms with Crippen LogP contribution in [0.3, 0.4) is 0 Å². The molecular weight excluding hydrogens is 254 g/mol. The van der Waals surface area contributed by atoms with Crippen LogP contribution in [-0.4, -0.2) is 20.2 Å². The standard InChI is InChI=1S/C12H16BrNO/c1-14-8-3-4-9-10(7-8)12(15-2)6-5-11(9)13/h5-6,8,14H,3-4,7H2,1-2H3. The van der Waals surface area contributed by atoms with E-state index in [1.54, 1.807) is 7.11 Å². The van der Waals surface area contributed by atoms with Gasteiger partial charge in [0.05, 0.1) is 7.11 Å². The van der Waals surface area contributed by atoms with Gasteiger partial charge in [-0.2, -0.15) is 0 Å². The third-order valence-corrected chi connectivity index (χ3v) is 3.90. The van der Waals surface area contributed by atoms with Crippen molar-refractivity contribution >= 4 is 15.9 Å². The molecule has 1 aromatic carbocycles. The molecule has 1 aliphatic rings. The molecular formula is C12H16BrNO. The summed E-state index contributed by atoms with van der Waals surface area (Å²) in [6.07, 6.45) is 3.39. The van der Waals surface area contributed by atoms with E-state index in [9.17, 15) is 0 Å². The minimum absolute atomic E-state index is 0.584. The van der Waals surface area contributed by atoms with Gasteiger partial charge in [-0.05, 0) is 49.6 Å². The van der Waals surface area contributed by atoms with Crippen LogP contribution >= 0.6 is 15.9 Å². The zero-order valence-electron chi connectivity index (χ0n) is 9.14. The van der Waals surface area contributed by atoms with Gasteiger partial charge in [0.2, 0.25) is 0 Å². The monoisotopic (exact) mass is 269 g/mol. The minimum Gasteiger partial charge on any atom is -0.496 e. The summed E-state index contributed by atoms with van der Waals surface area (Å²) < 4.78 is 6.63. The van der Waals surface area contributed by atoms with E-state index < -0.39 is 0 Å². The fraction of sp³-hybridized carbons (Fsp3) is 0.500. The van der Waals surface area contributed by atoms with Crippen LogP contribution < -0.4 is 10.1 Å². The first-order valence-electron chi connectivity index (χ1n) is 5.27. The van der Waals surface area contributed by atoms with Crippen molar-refractivity contribution in [2.24, 2.45) is 0 Å². The maximum absolute atomic E-state index is 5.41. The lowest BCUT2D eigenvalue weighted by atomic mass is 9.88. The lowest BCUT2D eigenvalue weighted by Crippen LogP contribution is -2.31. The molecule has 0 fully saturated rings. The number of hydrogen-bond acceptors (Lipinski definition) is 2. The number of benzene rings is 1. The van der Waals surface area contributed by atoms with Crippen molar-refractivity contribution in [3.8, 4) is 5.75 Å². The minimum atomic E-state index is 0.584. The molecule has 0 spiro atoms. The van der Waals surface area contributed by atoms with E-state index in [-0.39, 0.29) is 0 Å². The summed E-state index contributed by atoms with van der Waals surface area (Å²) in [5, 5.41) is 3.34. The van der Waals surface area contributed by atoms with Gasteiger partial charge in [0.15, 0.2) is 0 Å². The summed E-state index contributed by atoms with van der Waals surface area (Å²) in [6.45, 7) is 0. The zero-order valence-corrected chi connectivity index (χ0v) is 10.7. The van der Waals surface area contributed by atoms with Crippen molar-refractivity contribution < 1.29 is 4.74 Å². The fourth-order valence-electron chi connectivity index (χ4n) is 2.24. The third-order valence-electron chi connectivity index (χ3n) is 3.15. The van der Waals surface area contributed by atoms with Crippen LogP contribution in [0.1, 0.15) is 17.5 Å². The molecule has 1 aromatic rings. The van der Waals surface area contributed by atoms with E-state index in [1.807, 2.05) is 13.1 Å². The third kappa shape index (κ3) is 2.04. The molecule has 3 heteroatoms. The average Bonchev–Trinajstić information content (AvgIpc) is 2.29. The van der Waals surface area contributed by atoms with Crippen LogP contribution in [-0.2, 0) is 12.8 Å². The van der Waals surface area contributed by atoms with Crippen LogP contribution in [0.4, 0.5) is 0 Å². The number of likely N-dealkylation sites (N-methyl/N-ethyl adjacent to an activating group) is 1. The summed E-state index contributed by atoms with van der Waals surface area (Å²) in [7, 11) is 3.77. The largest absolute Gasteiger partial charge is 0.496 e. The molecule has 1 aliphatic carbocycles. The van der Waals surface area contributed by atoms with Crippen molar-refractivity contribution in [3.05, 3.63) is 27.7 Å². The van der Waals surface area contributed by atoms with Crippen molar-refractivity contribution in [2.45, 2.75) is 25.3 Å². The van der Waals surface area contributed by atoms with E-state index >= 15 is 0 Å². The zero-order chi connectivity index (χ0) is 10.8. The smallest absolute Gasteiger partial charge is 0.122 e. The maximum atomic E-state index is 5.41. The normalized spacial score (nSPS) is 19.8. The second-order valence-electron chi connectivity index (χ2n) is 3.94. The highest BCUT2D eigenvalue weighted by molar-refractivity contribution is 9.10. The van der Waals surface area contributed by atoms with Gasteiger partial charge in [0, 0.05) is 10.5 Å². The predicted molar refractivity (Wildman–Crippen MR) is 65.6 cm³/mol. The summed E-state index contributed by atoms with van der Waals surface area (Å²) >= 11 is 3.61. The Morgan fingerprint density at radius 2 is 2.20 bits per heavy atom. The Morgan fingerprint density at radius 1 is 1.40 bits per heavy atom. The van der Waals surface area contributed by atoms with Crippen molar-refractivity contribution in [1.82, 2.24) is 5.32 Å². The second-order valence-corrected chi connectivity index (χ2v) is 4.79. The Balaban J connectivity index is 2.41. The van der Waals surface area contributed by atoms with E-state index in [2.05, 4.69) is 27.3 Å². The Morgan fingerprint density at radius 3 is 2.87 bits per heavy atom. The number of methoxy groups -OCH3 is 1. The van der Waals surface area contributed by atoms with Crippen LogP contribution in [0.25, 0.3) is 0 Å². The molecule has 82 valence electrons. The van der Waals surface area contributed by atoms with E-state index in [4.69, 9.17) is 4.74 Å². The Kier molecular flexibility index (Phi) is 3.32. The van der Waals surface area contributed by atoms with Gasteiger partial charge in [0.25, 0.3) is 0 Å². The Bertz CT molecular complexity index is 365. The summed E-state index contributed by atoms with van der Waals surface area (Å²) in [5.74, 6) is 1.02. The highest BCUT2D eigenvalue weighted by Gasteiger charge is 2.22. The maximum Gasteiger partial charge on any atom is 0.122 e. The topological polar surface area (TPSA) is 21.3 Å². The lowest BCUT2D eigenvalue weighted by Gasteiger charge is -2.26. The first kappa shape index (κ1) is 11.0. The quantitative estimate of drug-likeness (QED) is 0.891. The molecule has 0 heterocycles. The van der Waals surface area contributed by atoms with Gasteiger partial charge < -0.3 is 10.1 Å². The van der Waals surface area contributed by atoms with Gasteiger partial charge in [-0.25, -0.2) is 0 Å². The molecule has 0 bridgehead atoms. The highest BCUT2D eigenvalue weighted by atomic mass is 79.9. The number of fused-ring (bicyclic) bond motifs is 1. The molecule has 0 amide bonds. The first-order valence-corrected chi connectivity index (χ1v) is 6.07. The van der Waals surface area contributed by atoms with E-state index in [1.165, 1.54) is 22.0 Å². The van der Waals surface area contributed by atoms with Crippen molar-refractivity contribution in [3.63, 3.8) is 0 Å². The Labute approximate surface area is 99.1 Å². The van der Waals surface area contributed by atoms with Gasteiger partial charge in [0.1, 0.15) is 5.75 Å². The van der Waals surface area contributed by atoms with E-state index in [0.717, 1.165) is 18.6 Å². The number of rotatable bonds is 2. The number of hydrogen-bond donors (Lipinski definition) is 1. The number of ether oxygens (including phenoxy) is 1. The molecule has 1 atom stereocenters. The molecule has 2 rings (SSSR count). The second kappa shape index (κ2) is 4.54. The Hall–Kier alpha value is -0.540. The molecule has 15 heavy (non-hydrogen) atoms. The predicted octanol–water partition coefficient (Wildman–Crippen LogP) is 2.53. The first-order chi connectivity index (χ1) is 7.26. The summed E-state index contributed by atoms with van der Waals surface area (Å²) in [4.78, 5) is 0. The lowest BCUT2D eigenvalue weighted by molar-refractivity contribution is 0.398. The number of nitrogens with one attached hydrogen (secondary N) is 1. The van der Waals surface area contributed by atoms with Gasteiger partial charge in [-0.15, -0.1) is 0 Å². The van der Waals surface area contributed by atoms with Crippen LogP contribution in [0.15, 0.2) is 16.6 Å². The molecule has 0 radical (unpaired) electrons. The van der Waals surface area contributed by atoms with Crippen LogP contribution in [0.2, 0.25) is 0 Å². The van der Waals surface area contributed by atoms with Gasteiger partial charge in [-0.1, -0.05) is 15.9 Å². The summed E-state index contributed by atoms with van der Waals surface area (Å²) in [5.41, 5.74) is 2.78. The molecule has 0 saturated heterocycles. The molecule has 0 aromatic heterocycles. The van der Waals surface area contributed by atoms with Crippen LogP contribution in [0.5, 0.6) is 5.75 Å². The van der Waals surface area contributed by atoms with Crippen molar-refractivity contribution in [1.29, 1.82) is 0 Å². The molecule has 0 aliphatic heterocycles. The molecule has 1 unspecified atom stereocenters. The fourth-order valence-corrected chi connectivity index (χ4v) is 2.81. The number of halogens is 1. The molecule has 0 saturated carbocycles. The van der Waals surface area contributed by atoms with Crippen molar-refractivity contribution in [2.75, 3.05) is 14.2 Å². The highest BCUT2D eigenvalue weighted by Crippen LogP contribution is 2.34. The SMILES string of the molecule is CNC1CCc2c(Br)ccc(OC)c2C1. The molecule has 1 N–H and O–H groups in total. The van der Waals surface area contributed by atoms with Gasteiger partial charge in [-0.3, -0.25) is 0 Å². The summed E-state index contributed by atoms with van der Waals surface area (Å²) in [6, 6.07) is 4.71.